The Morgan fingerprint density at radius 3 is 2.29 bits per heavy atom. The van der Waals surface area contributed by atoms with Crippen LogP contribution in [0.5, 0.6) is 0 Å². The van der Waals surface area contributed by atoms with Gasteiger partial charge in [0.2, 0.25) is 10.0 Å². The number of esters is 1. The van der Waals surface area contributed by atoms with Crippen molar-refractivity contribution in [2.45, 2.75) is 31.6 Å². The summed E-state index contributed by atoms with van der Waals surface area (Å²) in [6, 6.07) is 6.96. The molecule has 3 rings (SSSR count). The lowest BCUT2D eigenvalue weighted by Gasteiger charge is -2.29. The lowest BCUT2D eigenvalue weighted by atomic mass is 9.94. The molecule has 0 atom stereocenters. The summed E-state index contributed by atoms with van der Waals surface area (Å²) >= 11 is 5.95. The van der Waals surface area contributed by atoms with Crippen LogP contribution in [0.1, 0.15) is 29.8 Å². The highest BCUT2D eigenvalue weighted by atomic mass is 35.5. The maximum Gasteiger partial charge on any atom is 0.338 e. The molecular weight excluding hydrogens is 402 g/mol. The summed E-state index contributed by atoms with van der Waals surface area (Å²) in [4.78, 5) is 12.6. The third-order valence-electron chi connectivity index (χ3n) is 4.86. The minimum atomic E-state index is -3.64. The lowest BCUT2D eigenvalue weighted by Crippen LogP contribution is -2.37. The second kappa shape index (κ2) is 8.06. The Labute approximate surface area is 169 Å². The Morgan fingerprint density at radius 1 is 1.18 bits per heavy atom. The summed E-state index contributed by atoms with van der Waals surface area (Å²) in [6.07, 6.45) is 0.893. The summed E-state index contributed by atoms with van der Waals surface area (Å²) in [5, 5.41) is 7.28. The normalized spacial score (nSPS) is 15.5. The minimum Gasteiger partial charge on any atom is -0.465 e. The SMILES string of the molecule is COC(=O)C(=C1CCN(S(=O)(=O)c2c(C)n[nH]c2C)CC1)c1ccc(Cl)cc1. The van der Waals surface area contributed by atoms with Crippen LogP contribution >= 0.6 is 11.6 Å². The molecule has 1 aromatic heterocycles. The van der Waals surface area contributed by atoms with Gasteiger partial charge < -0.3 is 4.74 Å². The molecule has 7 nitrogen and oxygen atoms in total. The lowest BCUT2D eigenvalue weighted by molar-refractivity contribution is -0.133. The molecule has 9 heteroatoms. The van der Waals surface area contributed by atoms with Gasteiger partial charge in [0.1, 0.15) is 4.90 Å². The maximum absolute atomic E-state index is 13.0. The molecule has 150 valence electrons. The van der Waals surface area contributed by atoms with Crippen molar-refractivity contribution < 1.29 is 17.9 Å². The molecule has 1 aliphatic heterocycles. The monoisotopic (exact) mass is 423 g/mol. The third-order valence-corrected chi connectivity index (χ3v) is 7.27. The van der Waals surface area contributed by atoms with Gasteiger partial charge in [-0.25, -0.2) is 13.2 Å². The van der Waals surface area contributed by atoms with E-state index < -0.39 is 16.0 Å². The number of rotatable bonds is 4. The van der Waals surface area contributed by atoms with Gasteiger partial charge in [0.25, 0.3) is 0 Å². The Morgan fingerprint density at radius 2 is 1.79 bits per heavy atom. The number of ether oxygens (including phenoxy) is 1. The molecular formula is C19H22ClN3O4S. The number of carbonyl (C=O) groups is 1. The van der Waals surface area contributed by atoms with E-state index in [4.69, 9.17) is 16.3 Å². The van der Waals surface area contributed by atoms with Gasteiger partial charge in [-0.2, -0.15) is 9.40 Å². The average molecular weight is 424 g/mol. The molecule has 0 aliphatic carbocycles. The van der Waals surface area contributed by atoms with E-state index in [1.54, 1.807) is 38.1 Å². The quantitative estimate of drug-likeness (QED) is 0.602. The second-order valence-electron chi connectivity index (χ2n) is 6.64. The fourth-order valence-corrected chi connectivity index (χ4v) is 5.38. The van der Waals surface area contributed by atoms with Crippen LogP contribution in [0.2, 0.25) is 5.02 Å². The molecule has 0 radical (unpaired) electrons. The molecule has 1 aliphatic rings. The van der Waals surface area contributed by atoms with Crippen molar-refractivity contribution in [1.29, 1.82) is 0 Å². The average Bonchev–Trinajstić information content (AvgIpc) is 3.02. The zero-order valence-electron chi connectivity index (χ0n) is 16.0. The van der Waals surface area contributed by atoms with Crippen molar-refractivity contribution in [3.8, 4) is 0 Å². The number of aryl methyl sites for hydroxylation is 2. The van der Waals surface area contributed by atoms with Crippen molar-refractivity contribution in [1.82, 2.24) is 14.5 Å². The van der Waals surface area contributed by atoms with Gasteiger partial charge in [-0.3, -0.25) is 5.10 Å². The summed E-state index contributed by atoms with van der Waals surface area (Å²) in [5.74, 6) is -0.435. The molecule has 0 spiro atoms. The standard InChI is InChI=1S/C19H22ClN3O4S/c1-12-18(13(2)22-21-12)28(25,26)23-10-8-15(9-11-23)17(19(24)27-3)14-4-6-16(20)7-5-14/h4-7H,8-11H2,1-3H3,(H,21,22). The first-order chi connectivity index (χ1) is 13.3. The number of sulfonamides is 1. The first-order valence-electron chi connectivity index (χ1n) is 8.83. The van der Waals surface area contributed by atoms with Gasteiger partial charge in [-0.05, 0) is 44.4 Å². The zero-order chi connectivity index (χ0) is 20.5. The smallest absolute Gasteiger partial charge is 0.338 e. The number of benzene rings is 1. The fourth-order valence-electron chi connectivity index (χ4n) is 3.48. The summed E-state index contributed by atoms with van der Waals surface area (Å²) < 4.78 is 32.4. The largest absolute Gasteiger partial charge is 0.465 e. The number of nitrogens with zero attached hydrogens (tertiary/aromatic N) is 2. The van der Waals surface area contributed by atoms with Gasteiger partial charge in [0.05, 0.1) is 24.1 Å². The molecule has 0 saturated carbocycles. The second-order valence-corrected chi connectivity index (χ2v) is 8.96. The van der Waals surface area contributed by atoms with Crippen LogP contribution in [0.3, 0.4) is 0 Å². The highest BCUT2D eigenvalue weighted by Gasteiger charge is 2.33. The van der Waals surface area contributed by atoms with E-state index in [-0.39, 0.29) is 18.0 Å². The molecule has 1 saturated heterocycles. The van der Waals surface area contributed by atoms with Crippen molar-refractivity contribution in [2.24, 2.45) is 0 Å². The van der Waals surface area contributed by atoms with E-state index in [1.807, 2.05) is 0 Å². The summed E-state index contributed by atoms with van der Waals surface area (Å²) in [6.45, 7) is 3.94. The number of methoxy groups -OCH3 is 1. The molecule has 0 bridgehead atoms. The van der Waals surface area contributed by atoms with Crippen LogP contribution in [0.25, 0.3) is 5.57 Å². The van der Waals surface area contributed by atoms with Crippen LogP contribution in [0, 0.1) is 13.8 Å². The number of aromatic nitrogens is 2. The first-order valence-corrected chi connectivity index (χ1v) is 10.7. The Hall–Kier alpha value is -2.16. The molecule has 1 N–H and O–H groups in total. The fraction of sp³-hybridized carbons (Fsp3) is 0.368. The number of carbonyl (C=O) groups excluding carboxylic acids is 1. The molecule has 2 aromatic rings. The molecule has 0 unspecified atom stereocenters. The molecule has 0 amide bonds. The van der Waals surface area contributed by atoms with Crippen LogP contribution in [-0.4, -0.2) is 49.1 Å². The van der Waals surface area contributed by atoms with Crippen LogP contribution < -0.4 is 0 Å². The number of hydrogen-bond acceptors (Lipinski definition) is 5. The van der Waals surface area contributed by atoms with Crippen LogP contribution in [0.4, 0.5) is 0 Å². The third kappa shape index (κ3) is 3.85. The number of aromatic amines is 1. The summed E-state index contributed by atoms with van der Waals surface area (Å²) in [5.41, 5.74) is 3.04. The van der Waals surface area contributed by atoms with Gasteiger partial charge in [-0.1, -0.05) is 29.3 Å². The molecule has 1 fully saturated rings. The Bertz CT molecular complexity index is 996. The molecule has 1 aromatic carbocycles. The van der Waals surface area contributed by atoms with E-state index in [9.17, 15) is 13.2 Å². The van der Waals surface area contributed by atoms with Gasteiger partial charge >= 0.3 is 5.97 Å². The number of hydrogen-bond donors (Lipinski definition) is 1. The van der Waals surface area contributed by atoms with Crippen molar-refractivity contribution >= 4 is 33.2 Å². The highest BCUT2D eigenvalue weighted by Crippen LogP contribution is 2.31. The number of piperidine rings is 1. The van der Waals surface area contributed by atoms with Crippen LogP contribution in [-0.2, 0) is 19.6 Å². The van der Waals surface area contributed by atoms with Crippen molar-refractivity contribution in [3.05, 3.63) is 51.8 Å². The van der Waals surface area contributed by atoms with Gasteiger partial charge in [0, 0.05) is 18.1 Å². The van der Waals surface area contributed by atoms with E-state index in [0.29, 0.717) is 40.4 Å². The Kier molecular flexibility index (Phi) is 5.92. The summed E-state index contributed by atoms with van der Waals surface area (Å²) in [7, 11) is -2.31. The van der Waals surface area contributed by atoms with Gasteiger partial charge in [-0.15, -0.1) is 0 Å². The topological polar surface area (TPSA) is 92.4 Å². The van der Waals surface area contributed by atoms with E-state index in [1.165, 1.54) is 11.4 Å². The van der Waals surface area contributed by atoms with Gasteiger partial charge in [0.15, 0.2) is 0 Å². The van der Waals surface area contributed by atoms with Crippen molar-refractivity contribution in [2.75, 3.05) is 20.2 Å². The highest BCUT2D eigenvalue weighted by molar-refractivity contribution is 7.89. The Balaban J connectivity index is 1.90. The predicted octanol–water partition coefficient (Wildman–Crippen LogP) is 3.09. The van der Waals surface area contributed by atoms with E-state index in [2.05, 4.69) is 10.2 Å². The van der Waals surface area contributed by atoms with Crippen molar-refractivity contribution in [3.63, 3.8) is 0 Å². The predicted molar refractivity (Wildman–Crippen MR) is 106 cm³/mol. The molecule has 28 heavy (non-hydrogen) atoms. The van der Waals surface area contributed by atoms with E-state index >= 15 is 0 Å². The number of nitrogens with one attached hydrogen (secondary N) is 1. The minimum absolute atomic E-state index is 0.228. The van der Waals surface area contributed by atoms with Crippen LogP contribution in [0.15, 0.2) is 34.7 Å². The molecule has 2 heterocycles. The van der Waals surface area contributed by atoms with E-state index in [0.717, 1.165) is 5.57 Å². The maximum atomic E-state index is 13.0. The first kappa shape index (κ1) is 20.6. The zero-order valence-corrected chi connectivity index (χ0v) is 17.5. The number of halogens is 1. The number of H-pyrrole nitrogens is 1.